The number of piperazine rings is 1. The van der Waals surface area contributed by atoms with Gasteiger partial charge in [-0.15, -0.1) is 0 Å². The number of hydrogen-bond donors (Lipinski definition) is 3. The fraction of sp³-hybridized carbons (Fsp3) is 0.529. The first-order chi connectivity index (χ1) is 11.8. The zero-order valence-corrected chi connectivity index (χ0v) is 13.5. The number of hydrogen-bond acceptors (Lipinski definition) is 3. The second-order valence-corrected chi connectivity index (χ2v) is 6.56. The van der Waals surface area contributed by atoms with Crippen LogP contribution in [0.25, 0.3) is 0 Å². The maximum atomic E-state index is 12.7. The summed E-state index contributed by atoms with van der Waals surface area (Å²) in [6, 6.07) is 4.03. The maximum absolute atomic E-state index is 12.7. The molecule has 2 aliphatic rings. The Morgan fingerprint density at radius 1 is 1.20 bits per heavy atom. The molecule has 25 heavy (non-hydrogen) atoms. The molecule has 2 amide bonds. The lowest BCUT2D eigenvalue weighted by Gasteiger charge is -2.40. The summed E-state index contributed by atoms with van der Waals surface area (Å²) in [6.45, 7) is 0. The van der Waals surface area contributed by atoms with Crippen LogP contribution in [-0.2, 0) is 15.8 Å². The summed E-state index contributed by atoms with van der Waals surface area (Å²) >= 11 is 0. The molecular formula is C17H20F3N3O2. The van der Waals surface area contributed by atoms with Gasteiger partial charge in [-0.25, -0.2) is 0 Å². The number of anilines is 1. The second-order valence-electron chi connectivity index (χ2n) is 6.56. The van der Waals surface area contributed by atoms with Crippen LogP contribution in [0.4, 0.5) is 18.9 Å². The molecule has 0 radical (unpaired) electrons. The first-order valence-corrected chi connectivity index (χ1v) is 8.36. The van der Waals surface area contributed by atoms with Gasteiger partial charge in [0.2, 0.25) is 11.8 Å². The van der Waals surface area contributed by atoms with Gasteiger partial charge in [0, 0.05) is 17.8 Å². The molecule has 1 saturated carbocycles. The van der Waals surface area contributed by atoms with Crippen LogP contribution in [0.1, 0.15) is 37.7 Å². The van der Waals surface area contributed by atoms with Crippen molar-refractivity contribution in [1.29, 1.82) is 0 Å². The highest BCUT2D eigenvalue weighted by Gasteiger charge is 2.37. The van der Waals surface area contributed by atoms with Gasteiger partial charge in [0.25, 0.3) is 0 Å². The average Bonchev–Trinajstić information content (AvgIpc) is 2.55. The predicted molar refractivity (Wildman–Crippen MR) is 85.8 cm³/mol. The minimum atomic E-state index is -4.47. The van der Waals surface area contributed by atoms with Gasteiger partial charge >= 0.3 is 6.18 Å². The Balaban J connectivity index is 1.60. The van der Waals surface area contributed by atoms with Crippen molar-refractivity contribution in [2.45, 2.75) is 56.4 Å². The molecule has 136 valence electrons. The zero-order chi connectivity index (χ0) is 18.0. The number of carbonyl (C=O) groups is 2. The minimum Gasteiger partial charge on any atom is -0.350 e. The van der Waals surface area contributed by atoms with E-state index in [-0.39, 0.29) is 30.1 Å². The van der Waals surface area contributed by atoms with Crippen LogP contribution in [0, 0.1) is 0 Å². The van der Waals surface area contributed by atoms with Gasteiger partial charge in [-0.2, -0.15) is 13.2 Å². The van der Waals surface area contributed by atoms with Crippen molar-refractivity contribution in [3.63, 3.8) is 0 Å². The summed E-state index contributed by atoms with van der Waals surface area (Å²) in [7, 11) is 0. The molecule has 1 aromatic rings. The third-order valence-electron chi connectivity index (χ3n) is 4.69. The molecule has 1 saturated heterocycles. The summed E-state index contributed by atoms with van der Waals surface area (Å²) < 4.78 is 38.1. The Bertz CT molecular complexity index is 663. The van der Waals surface area contributed by atoms with E-state index in [1.54, 1.807) is 0 Å². The van der Waals surface area contributed by atoms with Crippen molar-refractivity contribution >= 4 is 17.5 Å². The maximum Gasteiger partial charge on any atom is 0.416 e. The van der Waals surface area contributed by atoms with Crippen molar-refractivity contribution in [3.05, 3.63) is 29.8 Å². The van der Waals surface area contributed by atoms with Crippen LogP contribution in [0.5, 0.6) is 0 Å². The van der Waals surface area contributed by atoms with Gasteiger partial charge in [-0.3, -0.25) is 9.59 Å². The van der Waals surface area contributed by atoms with Gasteiger partial charge in [-0.05, 0) is 31.0 Å². The van der Waals surface area contributed by atoms with Crippen molar-refractivity contribution in [2.24, 2.45) is 0 Å². The number of amides is 2. The summed E-state index contributed by atoms with van der Waals surface area (Å²) in [6.07, 6.45) is -0.576. The lowest BCUT2D eigenvalue weighted by Crippen LogP contribution is -2.65. The average molecular weight is 355 g/mol. The molecule has 1 aromatic carbocycles. The van der Waals surface area contributed by atoms with Crippen molar-refractivity contribution < 1.29 is 22.8 Å². The van der Waals surface area contributed by atoms with E-state index in [9.17, 15) is 22.8 Å². The van der Waals surface area contributed by atoms with Gasteiger partial charge in [0.15, 0.2) is 0 Å². The SMILES string of the molecule is O=C(C[C@H]1N[C@@H]2CCCC[C@@H]2NC1=O)Nc1cccc(C(F)(F)F)c1. The molecule has 5 nitrogen and oxygen atoms in total. The Kier molecular flexibility index (Phi) is 4.99. The molecule has 0 spiro atoms. The smallest absolute Gasteiger partial charge is 0.350 e. The van der Waals surface area contributed by atoms with Crippen LogP contribution in [-0.4, -0.2) is 29.9 Å². The van der Waals surface area contributed by atoms with E-state index in [2.05, 4.69) is 16.0 Å². The highest BCUT2D eigenvalue weighted by Crippen LogP contribution is 2.30. The highest BCUT2D eigenvalue weighted by atomic mass is 19.4. The van der Waals surface area contributed by atoms with Gasteiger partial charge < -0.3 is 16.0 Å². The van der Waals surface area contributed by atoms with Crippen LogP contribution in [0.15, 0.2) is 24.3 Å². The molecule has 0 bridgehead atoms. The molecule has 2 fully saturated rings. The van der Waals surface area contributed by atoms with E-state index in [1.165, 1.54) is 12.1 Å². The van der Waals surface area contributed by atoms with E-state index < -0.39 is 23.7 Å². The summed E-state index contributed by atoms with van der Waals surface area (Å²) in [4.78, 5) is 24.3. The standard InChI is InChI=1S/C17H20F3N3O2/c18-17(19,20)10-4-3-5-11(8-10)21-15(24)9-14-16(25)23-13-7-2-1-6-12(13)22-14/h3-5,8,12-14,22H,1-2,6-7,9H2,(H,21,24)(H,23,25)/t12-,13+,14-/m1/s1. The number of halogens is 3. The van der Waals surface area contributed by atoms with Gasteiger partial charge in [0.05, 0.1) is 18.0 Å². The molecule has 0 unspecified atom stereocenters. The van der Waals surface area contributed by atoms with E-state index in [0.717, 1.165) is 37.8 Å². The molecule has 1 heterocycles. The van der Waals surface area contributed by atoms with Gasteiger partial charge in [0.1, 0.15) is 0 Å². The van der Waals surface area contributed by atoms with E-state index in [4.69, 9.17) is 0 Å². The monoisotopic (exact) mass is 355 g/mol. The number of nitrogens with one attached hydrogen (secondary N) is 3. The molecule has 3 rings (SSSR count). The van der Waals surface area contributed by atoms with Crippen LogP contribution >= 0.6 is 0 Å². The van der Waals surface area contributed by atoms with Crippen LogP contribution < -0.4 is 16.0 Å². The first-order valence-electron chi connectivity index (χ1n) is 8.36. The number of rotatable bonds is 3. The quantitative estimate of drug-likeness (QED) is 0.780. The second kappa shape index (κ2) is 7.03. The minimum absolute atomic E-state index is 0.0617. The number of alkyl halides is 3. The molecule has 3 N–H and O–H groups in total. The topological polar surface area (TPSA) is 70.2 Å². The summed E-state index contributed by atoms with van der Waals surface area (Å²) in [5.74, 6) is -0.733. The first kappa shape index (κ1) is 17.7. The van der Waals surface area contributed by atoms with E-state index in [0.29, 0.717) is 0 Å². The van der Waals surface area contributed by atoms with Crippen molar-refractivity contribution in [3.8, 4) is 0 Å². The fourth-order valence-corrected chi connectivity index (χ4v) is 3.44. The largest absolute Gasteiger partial charge is 0.416 e. The molecule has 0 aromatic heterocycles. The van der Waals surface area contributed by atoms with Gasteiger partial charge in [-0.1, -0.05) is 18.9 Å². The zero-order valence-electron chi connectivity index (χ0n) is 13.5. The molecular weight excluding hydrogens is 335 g/mol. The third kappa shape index (κ3) is 4.31. The molecule has 8 heteroatoms. The normalized spacial score (nSPS) is 26.5. The number of fused-ring (bicyclic) bond motifs is 1. The Morgan fingerprint density at radius 2 is 1.92 bits per heavy atom. The van der Waals surface area contributed by atoms with Crippen molar-refractivity contribution in [2.75, 3.05) is 5.32 Å². The summed E-state index contributed by atoms with van der Waals surface area (Å²) in [5, 5.41) is 8.58. The van der Waals surface area contributed by atoms with Crippen LogP contribution in [0.3, 0.4) is 0 Å². The third-order valence-corrected chi connectivity index (χ3v) is 4.69. The number of benzene rings is 1. The van der Waals surface area contributed by atoms with E-state index >= 15 is 0 Å². The highest BCUT2D eigenvalue weighted by molar-refractivity contribution is 5.95. The lowest BCUT2D eigenvalue weighted by atomic mass is 9.87. The van der Waals surface area contributed by atoms with Crippen LogP contribution in [0.2, 0.25) is 0 Å². The number of carbonyl (C=O) groups excluding carboxylic acids is 2. The Labute approximate surface area is 143 Å². The molecule has 3 atom stereocenters. The predicted octanol–water partition coefficient (Wildman–Crippen LogP) is 2.43. The lowest BCUT2D eigenvalue weighted by molar-refractivity contribution is -0.137. The Hall–Kier alpha value is -2.09. The van der Waals surface area contributed by atoms with Crippen molar-refractivity contribution in [1.82, 2.24) is 10.6 Å². The summed E-state index contributed by atoms with van der Waals surface area (Å²) in [5.41, 5.74) is -0.768. The van der Waals surface area contributed by atoms with E-state index in [1.807, 2.05) is 0 Å². The molecule has 1 aliphatic carbocycles. The fourth-order valence-electron chi connectivity index (χ4n) is 3.44. The molecule has 1 aliphatic heterocycles. The Morgan fingerprint density at radius 3 is 2.64 bits per heavy atom.